The van der Waals surface area contributed by atoms with Gasteiger partial charge in [-0.2, -0.15) is 0 Å². The van der Waals surface area contributed by atoms with E-state index >= 15 is 0 Å². The molecule has 0 spiro atoms. The first kappa shape index (κ1) is 21.7. The molecular weight excluding hydrogens is 426 g/mol. The Hall–Kier alpha value is -2.97. The molecule has 2 aromatic rings. The molecule has 3 rings (SSSR count). The van der Waals surface area contributed by atoms with Gasteiger partial charge >= 0.3 is 0 Å². The molecule has 0 radical (unpaired) electrons. The van der Waals surface area contributed by atoms with Crippen LogP contribution in [0.1, 0.15) is 18.1 Å². The minimum atomic E-state index is -0.579. The van der Waals surface area contributed by atoms with E-state index in [2.05, 4.69) is 10.3 Å². The van der Waals surface area contributed by atoms with Crippen LogP contribution in [0.5, 0.6) is 11.5 Å². The topological polar surface area (TPSA) is 103 Å². The van der Waals surface area contributed by atoms with Gasteiger partial charge in [-0.05, 0) is 67.1 Å². The van der Waals surface area contributed by atoms with Crippen LogP contribution in [0.4, 0.5) is 5.69 Å². The number of aliphatic imine (C=N–C) groups is 1. The van der Waals surface area contributed by atoms with E-state index in [1.165, 1.54) is 11.8 Å². The second kappa shape index (κ2) is 9.69. The number of ether oxygens (including phenoxy) is 2. The predicted octanol–water partition coefficient (Wildman–Crippen LogP) is 3.80. The first-order valence-corrected chi connectivity index (χ1v) is 10.3. The van der Waals surface area contributed by atoms with Gasteiger partial charge in [0.25, 0.3) is 11.8 Å². The van der Waals surface area contributed by atoms with Gasteiger partial charge in [-0.15, -0.1) is 0 Å². The van der Waals surface area contributed by atoms with Crippen LogP contribution in [-0.2, 0) is 9.59 Å². The van der Waals surface area contributed by atoms with Gasteiger partial charge in [-0.1, -0.05) is 23.7 Å². The van der Waals surface area contributed by atoms with Gasteiger partial charge in [-0.25, -0.2) is 4.99 Å². The maximum Gasteiger partial charge on any atom is 0.264 e. The third-order valence-corrected chi connectivity index (χ3v) is 5.37. The Morgan fingerprint density at radius 2 is 2.07 bits per heavy atom. The third kappa shape index (κ3) is 5.34. The number of amidine groups is 1. The Labute approximate surface area is 183 Å². The normalized spacial score (nSPS) is 16.0. The number of halogens is 1. The van der Waals surface area contributed by atoms with E-state index in [9.17, 15) is 9.59 Å². The molecule has 0 bridgehead atoms. The number of nitrogens with one attached hydrogen (secondary N) is 1. The smallest absolute Gasteiger partial charge is 0.264 e. The summed E-state index contributed by atoms with van der Waals surface area (Å²) in [5.41, 5.74) is 7.40. The Bertz CT molecular complexity index is 1050. The summed E-state index contributed by atoms with van der Waals surface area (Å²) in [4.78, 5) is 28.3. The lowest BCUT2D eigenvalue weighted by Crippen LogP contribution is -2.20. The first-order valence-electron chi connectivity index (χ1n) is 9.10. The van der Waals surface area contributed by atoms with Crippen molar-refractivity contribution >= 4 is 52.1 Å². The molecule has 0 aromatic heterocycles. The molecule has 0 saturated carbocycles. The molecular formula is C21H20ClN3O4S. The molecule has 1 aliphatic rings. The Morgan fingerprint density at radius 1 is 1.27 bits per heavy atom. The van der Waals surface area contributed by atoms with Crippen LogP contribution < -0.4 is 20.5 Å². The van der Waals surface area contributed by atoms with E-state index in [0.717, 1.165) is 11.1 Å². The van der Waals surface area contributed by atoms with Crippen LogP contribution in [0.2, 0.25) is 5.02 Å². The average Bonchev–Trinajstić information content (AvgIpc) is 3.04. The molecule has 3 N–H and O–H groups in total. The zero-order valence-corrected chi connectivity index (χ0v) is 18.0. The second-order valence-electron chi connectivity index (χ2n) is 6.26. The highest BCUT2D eigenvalue weighted by atomic mass is 35.5. The number of hydrogen-bond donors (Lipinski definition) is 2. The average molecular weight is 446 g/mol. The van der Waals surface area contributed by atoms with Crippen LogP contribution in [0, 0.1) is 6.92 Å². The van der Waals surface area contributed by atoms with Crippen molar-refractivity contribution in [2.45, 2.75) is 13.8 Å². The highest BCUT2D eigenvalue weighted by Gasteiger charge is 2.24. The quantitative estimate of drug-likeness (QED) is 0.631. The lowest BCUT2D eigenvalue weighted by molar-refractivity contribution is -0.120. The number of thioether (sulfide) groups is 1. The van der Waals surface area contributed by atoms with E-state index in [-0.39, 0.29) is 12.5 Å². The van der Waals surface area contributed by atoms with Crippen molar-refractivity contribution in [2.75, 3.05) is 13.2 Å². The largest absolute Gasteiger partial charge is 0.490 e. The highest BCUT2D eigenvalue weighted by molar-refractivity contribution is 8.18. The molecule has 1 aliphatic heterocycles. The number of benzene rings is 2. The predicted molar refractivity (Wildman–Crippen MR) is 119 cm³/mol. The van der Waals surface area contributed by atoms with Crippen LogP contribution in [-0.4, -0.2) is 30.2 Å². The van der Waals surface area contributed by atoms with Crippen LogP contribution in [0.3, 0.4) is 0 Å². The molecule has 30 heavy (non-hydrogen) atoms. The fourth-order valence-corrected chi connectivity index (χ4v) is 3.61. The summed E-state index contributed by atoms with van der Waals surface area (Å²) in [6.45, 7) is 3.88. The Balaban J connectivity index is 1.83. The van der Waals surface area contributed by atoms with Crippen molar-refractivity contribution < 1.29 is 19.1 Å². The lowest BCUT2D eigenvalue weighted by Gasteiger charge is -2.11. The monoisotopic (exact) mass is 445 g/mol. The maximum absolute atomic E-state index is 12.4. The SMILES string of the molecule is CCOc1cc(/C=C2/SC(=Nc3cccc(Cl)c3C)NC2=O)ccc1OCC(N)=O. The molecule has 156 valence electrons. The molecule has 2 aromatic carbocycles. The van der Waals surface area contributed by atoms with Gasteiger partial charge in [-0.3, -0.25) is 9.59 Å². The number of hydrogen-bond acceptors (Lipinski definition) is 6. The van der Waals surface area contributed by atoms with Crippen molar-refractivity contribution in [1.29, 1.82) is 0 Å². The fourth-order valence-electron chi connectivity index (χ4n) is 2.61. The van der Waals surface area contributed by atoms with Crippen LogP contribution in [0.15, 0.2) is 46.3 Å². The van der Waals surface area contributed by atoms with Crippen LogP contribution >= 0.6 is 23.4 Å². The standard InChI is InChI=1S/C21H20ClN3O4S/c1-3-28-17-9-13(7-8-16(17)29-11-19(23)26)10-18-20(27)25-21(30-18)24-15-6-4-5-14(22)12(15)2/h4-10H,3,11H2,1-2H3,(H2,23,26)(H,24,25,27)/b18-10+. The lowest BCUT2D eigenvalue weighted by atomic mass is 10.2. The number of rotatable bonds is 7. The minimum Gasteiger partial charge on any atom is -0.490 e. The van der Waals surface area contributed by atoms with Crippen molar-refractivity contribution in [2.24, 2.45) is 10.7 Å². The van der Waals surface area contributed by atoms with E-state index in [1.807, 2.05) is 26.0 Å². The zero-order chi connectivity index (χ0) is 21.7. The molecule has 1 heterocycles. The molecule has 0 unspecified atom stereocenters. The van der Waals surface area contributed by atoms with E-state index in [4.69, 9.17) is 26.8 Å². The highest BCUT2D eigenvalue weighted by Crippen LogP contribution is 2.33. The fraction of sp³-hybridized carbons (Fsp3) is 0.190. The summed E-state index contributed by atoms with van der Waals surface area (Å²) in [6.07, 6.45) is 1.73. The Morgan fingerprint density at radius 3 is 2.80 bits per heavy atom. The minimum absolute atomic E-state index is 0.245. The molecule has 0 aliphatic carbocycles. The number of carbonyl (C=O) groups excluding carboxylic acids is 2. The van der Waals surface area contributed by atoms with Gasteiger partial charge in [0.1, 0.15) is 0 Å². The number of nitrogens with zero attached hydrogens (tertiary/aromatic N) is 1. The second-order valence-corrected chi connectivity index (χ2v) is 7.70. The van der Waals surface area contributed by atoms with E-state index in [1.54, 1.807) is 30.3 Å². The van der Waals surface area contributed by atoms with Crippen molar-refractivity contribution in [3.05, 3.63) is 57.5 Å². The van der Waals surface area contributed by atoms with Crippen molar-refractivity contribution in [3.8, 4) is 11.5 Å². The molecule has 1 saturated heterocycles. The van der Waals surface area contributed by atoms with Gasteiger partial charge in [0, 0.05) is 5.02 Å². The number of amides is 2. The van der Waals surface area contributed by atoms with Crippen LogP contribution in [0.25, 0.3) is 6.08 Å². The molecule has 1 fully saturated rings. The number of primary amides is 1. The summed E-state index contributed by atoms with van der Waals surface area (Å²) in [5, 5.41) is 3.85. The van der Waals surface area contributed by atoms with Gasteiger partial charge in [0.05, 0.1) is 17.2 Å². The zero-order valence-electron chi connectivity index (χ0n) is 16.4. The molecule has 9 heteroatoms. The van der Waals surface area contributed by atoms with E-state index in [0.29, 0.717) is 38.9 Å². The number of nitrogens with two attached hydrogens (primary N) is 1. The van der Waals surface area contributed by atoms with Gasteiger partial charge < -0.3 is 20.5 Å². The summed E-state index contributed by atoms with van der Waals surface area (Å²) in [6, 6.07) is 10.6. The molecule has 7 nitrogen and oxygen atoms in total. The number of carbonyl (C=O) groups is 2. The van der Waals surface area contributed by atoms with E-state index < -0.39 is 5.91 Å². The summed E-state index contributed by atoms with van der Waals surface area (Å²) in [5.74, 6) is 0.0369. The van der Waals surface area contributed by atoms with Crippen molar-refractivity contribution in [1.82, 2.24) is 5.32 Å². The van der Waals surface area contributed by atoms with Gasteiger partial charge in [0.2, 0.25) is 0 Å². The Kier molecular flexibility index (Phi) is 7.02. The van der Waals surface area contributed by atoms with Crippen molar-refractivity contribution in [3.63, 3.8) is 0 Å². The molecule has 2 amide bonds. The summed E-state index contributed by atoms with van der Waals surface area (Å²) >= 11 is 7.37. The third-order valence-electron chi connectivity index (χ3n) is 4.05. The summed E-state index contributed by atoms with van der Waals surface area (Å²) in [7, 11) is 0. The summed E-state index contributed by atoms with van der Waals surface area (Å²) < 4.78 is 10.9. The van der Waals surface area contributed by atoms with Gasteiger partial charge in [0.15, 0.2) is 23.3 Å². The maximum atomic E-state index is 12.4. The first-order chi connectivity index (χ1) is 14.4. The molecule has 0 atom stereocenters.